The third kappa shape index (κ3) is 2.05. The summed E-state index contributed by atoms with van der Waals surface area (Å²) in [6, 6.07) is 0. The normalized spacial score (nSPS) is 9.80. The second kappa shape index (κ2) is 4.50. The minimum absolute atomic E-state index is 0. The zero-order chi connectivity index (χ0) is 11.0. The minimum Gasteiger partial charge on any atom is -1.00 e. The molecular formula is C6BF8-. The van der Waals surface area contributed by atoms with Crippen molar-refractivity contribution >= 4 is 12.7 Å². The van der Waals surface area contributed by atoms with Crippen LogP contribution >= 0.6 is 0 Å². The van der Waals surface area contributed by atoms with Crippen molar-refractivity contribution in [2.24, 2.45) is 0 Å². The molecule has 0 aliphatic heterocycles. The van der Waals surface area contributed by atoms with Crippen LogP contribution in [0.1, 0.15) is 0 Å². The van der Waals surface area contributed by atoms with Gasteiger partial charge in [-0.25, -0.2) is 22.0 Å². The van der Waals surface area contributed by atoms with E-state index < -0.39 is 41.8 Å². The average molecular weight is 235 g/mol. The van der Waals surface area contributed by atoms with E-state index in [9.17, 15) is 30.6 Å². The van der Waals surface area contributed by atoms with E-state index in [0.717, 1.165) is 0 Å². The van der Waals surface area contributed by atoms with E-state index in [1.165, 1.54) is 0 Å². The quantitative estimate of drug-likeness (QED) is 0.254. The van der Waals surface area contributed by atoms with Crippen LogP contribution < -0.4 is 10.2 Å². The average Bonchev–Trinajstić information content (AvgIpc) is 2.11. The van der Waals surface area contributed by atoms with Crippen LogP contribution in [0.3, 0.4) is 0 Å². The molecule has 0 radical (unpaired) electrons. The van der Waals surface area contributed by atoms with E-state index in [2.05, 4.69) is 0 Å². The van der Waals surface area contributed by atoms with Crippen LogP contribution in [0.4, 0.5) is 30.6 Å². The summed E-state index contributed by atoms with van der Waals surface area (Å²) in [6.07, 6.45) is 0. The molecule has 0 fully saturated rings. The Morgan fingerprint density at radius 2 is 0.867 bits per heavy atom. The molecule has 1 rings (SSSR count). The topological polar surface area (TPSA) is 0 Å². The van der Waals surface area contributed by atoms with Gasteiger partial charge in [0.1, 0.15) is 0 Å². The molecule has 0 amide bonds. The minimum atomic E-state index is -3.76. The summed E-state index contributed by atoms with van der Waals surface area (Å²) < 4.78 is 85.4. The number of benzene rings is 1. The summed E-state index contributed by atoms with van der Waals surface area (Å²) in [4.78, 5) is 0. The highest BCUT2D eigenvalue weighted by molar-refractivity contribution is 6.60. The van der Waals surface area contributed by atoms with Gasteiger partial charge in [-0.3, -0.25) is 8.63 Å². The van der Waals surface area contributed by atoms with Crippen LogP contribution in [0.2, 0.25) is 0 Å². The Morgan fingerprint density at radius 3 is 1.13 bits per heavy atom. The molecule has 1 aromatic rings. The highest BCUT2D eigenvalue weighted by atomic mass is 19.2. The van der Waals surface area contributed by atoms with Crippen LogP contribution in [0, 0.1) is 29.1 Å². The summed E-state index contributed by atoms with van der Waals surface area (Å²) >= 11 is 0. The lowest BCUT2D eigenvalue weighted by Gasteiger charge is -2.04. The van der Waals surface area contributed by atoms with Crippen molar-refractivity contribution < 1.29 is 35.3 Å². The second-order valence-corrected chi connectivity index (χ2v) is 2.28. The highest BCUT2D eigenvalue weighted by Crippen LogP contribution is 2.17. The van der Waals surface area contributed by atoms with Crippen LogP contribution in [0.5, 0.6) is 0 Å². The first kappa shape index (κ1) is 13.7. The molecular weight excluding hydrogens is 235 g/mol. The Hall–Kier alpha value is -1.28. The zero-order valence-electron chi connectivity index (χ0n) is 6.60. The predicted molar refractivity (Wildman–Crippen MR) is 33.8 cm³/mol. The lowest BCUT2D eigenvalue weighted by atomic mass is 9.84. The van der Waals surface area contributed by atoms with Gasteiger partial charge in [-0.2, -0.15) is 0 Å². The summed E-state index contributed by atoms with van der Waals surface area (Å²) in [5.41, 5.74) is -2.11. The molecule has 0 atom stereocenters. The Morgan fingerprint density at radius 1 is 0.600 bits per heavy atom. The molecule has 0 N–H and O–H groups in total. The molecule has 0 bridgehead atoms. The molecule has 0 heterocycles. The van der Waals surface area contributed by atoms with Crippen LogP contribution in [0.15, 0.2) is 0 Å². The molecule has 0 saturated carbocycles. The van der Waals surface area contributed by atoms with Gasteiger partial charge in [0, 0.05) is 0 Å². The Labute approximate surface area is 78.2 Å². The van der Waals surface area contributed by atoms with Gasteiger partial charge < -0.3 is 4.70 Å². The SMILES string of the molecule is FB(F)c1c(F)c(F)c(F)c(F)c1F.[F-]. The van der Waals surface area contributed by atoms with Crippen molar-refractivity contribution in [1.29, 1.82) is 0 Å². The molecule has 0 nitrogen and oxygen atoms in total. The molecule has 0 aliphatic rings. The molecule has 0 spiro atoms. The standard InChI is InChI=1S/C6BF7.FH/c8-2-1(7(13)14)3(9)5(11)6(12)4(2)10;/h;1H/p-1. The second-order valence-electron chi connectivity index (χ2n) is 2.28. The molecule has 0 aromatic heterocycles. The van der Waals surface area contributed by atoms with E-state index in [1.807, 2.05) is 0 Å². The largest absolute Gasteiger partial charge is 1.00 e. The van der Waals surface area contributed by atoms with E-state index in [0.29, 0.717) is 0 Å². The maximum Gasteiger partial charge on any atom is 0.578 e. The molecule has 0 aliphatic carbocycles. The van der Waals surface area contributed by atoms with Crippen molar-refractivity contribution in [2.75, 3.05) is 0 Å². The first-order valence-corrected chi connectivity index (χ1v) is 3.17. The van der Waals surface area contributed by atoms with E-state index >= 15 is 0 Å². The van der Waals surface area contributed by atoms with Crippen molar-refractivity contribution in [3.63, 3.8) is 0 Å². The van der Waals surface area contributed by atoms with E-state index in [1.54, 1.807) is 0 Å². The summed E-state index contributed by atoms with van der Waals surface area (Å²) in [7, 11) is -3.76. The Balaban J connectivity index is 0.00000196. The highest BCUT2D eigenvalue weighted by Gasteiger charge is 2.33. The number of rotatable bonds is 1. The number of hydrogen-bond acceptors (Lipinski definition) is 0. The fourth-order valence-corrected chi connectivity index (χ4v) is 0.813. The zero-order valence-corrected chi connectivity index (χ0v) is 6.60. The van der Waals surface area contributed by atoms with Crippen LogP contribution in [-0.2, 0) is 0 Å². The van der Waals surface area contributed by atoms with Gasteiger partial charge in [-0.05, 0) is 0 Å². The first-order chi connectivity index (χ1) is 6.37. The summed E-state index contributed by atoms with van der Waals surface area (Å²) in [6.45, 7) is 0. The van der Waals surface area contributed by atoms with Crippen molar-refractivity contribution in [3.05, 3.63) is 29.1 Å². The maximum absolute atomic E-state index is 12.5. The molecule has 0 unspecified atom stereocenters. The van der Waals surface area contributed by atoms with Crippen LogP contribution in [0.25, 0.3) is 0 Å². The van der Waals surface area contributed by atoms with E-state index in [4.69, 9.17) is 0 Å². The fourth-order valence-electron chi connectivity index (χ4n) is 0.813. The first-order valence-electron chi connectivity index (χ1n) is 3.17. The maximum atomic E-state index is 12.5. The van der Waals surface area contributed by atoms with Gasteiger partial charge in [0.2, 0.25) is 0 Å². The Kier molecular flexibility index (Phi) is 4.11. The number of halogens is 8. The molecule has 1 aromatic carbocycles. The van der Waals surface area contributed by atoms with E-state index in [-0.39, 0.29) is 4.70 Å². The van der Waals surface area contributed by atoms with Gasteiger partial charge in [-0.15, -0.1) is 0 Å². The third-order valence-corrected chi connectivity index (χ3v) is 1.46. The summed E-state index contributed by atoms with van der Waals surface area (Å²) in [5, 5.41) is 0. The van der Waals surface area contributed by atoms with Crippen molar-refractivity contribution in [1.82, 2.24) is 0 Å². The molecule has 84 valence electrons. The fraction of sp³-hybridized carbons (Fsp3) is 0. The monoisotopic (exact) mass is 235 g/mol. The van der Waals surface area contributed by atoms with Crippen molar-refractivity contribution in [3.8, 4) is 0 Å². The third-order valence-electron chi connectivity index (χ3n) is 1.46. The van der Waals surface area contributed by atoms with Gasteiger partial charge in [0.25, 0.3) is 0 Å². The smallest absolute Gasteiger partial charge is 0.578 e. The molecule has 9 heteroatoms. The van der Waals surface area contributed by atoms with Gasteiger partial charge in [-0.1, -0.05) is 0 Å². The van der Waals surface area contributed by atoms with Gasteiger partial charge in [0.15, 0.2) is 29.1 Å². The predicted octanol–water partition coefficient (Wildman–Crippen LogP) is -0.980. The summed E-state index contributed by atoms with van der Waals surface area (Å²) in [5.74, 6) is -12.2. The molecule has 15 heavy (non-hydrogen) atoms. The van der Waals surface area contributed by atoms with Crippen LogP contribution in [-0.4, -0.2) is 7.27 Å². The van der Waals surface area contributed by atoms with Gasteiger partial charge >= 0.3 is 7.27 Å². The Bertz CT molecular complexity index is 347. The lowest BCUT2D eigenvalue weighted by molar-refractivity contribution is -0.00000688. The van der Waals surface area contributed by atoms with Crippen molar-refractivity contribution in [2.45, 2.75) is 0 Å². The lowest BCUT2D eigenvalue weighted by Crippen LogP contribution is -3.00. The van der Waals surface area contributed by atoms with Gasteiger partial charge in [0.05, 0.1) is 5.46 Å². The molecule has 0 saturated heterocycles. The number of hydrogen-bond donors (Lipinski definition) is 0.